The van der Waals surface area contributed by atoms with Crippen molar-refractivity contribution in [3.05, 3.63) is 90.0 Å². The van der Waals surface area contributed by atoms with Crippen LogP contribution in [0.25, 0.3) is 0 Å². The maximum absolute atomic E-state index is 13.0. The molecule has 142 valence electrons. The van der Waals surface area contributed by atoms with Gasteiger partial charge >= 0.3 is 0 Å². The number of para-hydroxylation sites is 1. The van der Waals surface area contributed by atoms with E-state index in [1.165, 1.54) is 48.5 Å². The first kappa shape index (κ1) is 19.0. The number of hydrogen-bond donors (Lipinski definition) is 3. The van der Waals surface area contributed by atoms with Crippen LogP contribution in [0.1, 0.15) is 10.4 Å². The van der Waals surface area contributed by atoms with Crippen LogP contribution in [0.3, 0.4) is 0 Å². The van der Waals surface area contributed by atoms with Gasteiger partial charge in [0.2, 0.25) is 5.91 Å². The van der Waals surface area contributed by atoms with E-state index in [4.69, 9.17) is 0 Å². The van der Waals surface area contributed by atoms with Crippen LogP contribution in [0.15, 0.2) is 72.8 Å². The van der Waals surface area contributed by atoms with Crippen molar-refractivity contribution in [3.8, 4) is 0 Å². The molecular weight excluding hydrogens is 364 g/mol. The normalized spacial score (nSPS) is 10.2. The lowest BCUT2D eigenvalue weighted by Gasteiger charge is -2.12. The third-order valence-electron chi connectivity index (χ3n) is 3.84. The van der Waals surface area contributed by atoms with Gasteiger partial charge < -0.3 is 16.0 Å². The Morgan fingerprint density at radius 3 is 1.86 bits per heavy atom. The summed E-state index contributed by atoms with van der Waals surface area (Å²) in [7, 11) is 0. The molecule has 0 bridgehead atoms. The van der Waals surface area contributed by atoms with Gasteiger partial charge in [-0.3, -0.25) is 9.59 Å². The topological polar surface area (TPSA) is 70.2 Å². The molecule has 0 spiro atoms. The first-order valence-electron chi connectivity index (χ1n) is 8.46. The van der Waals surface area contributed by atoms with Crippen molar-refractivity contribution >= 4 is 28.9 Å². The summed E-state index contributed by atoms with van der Waals surface area (Å²) in [5, 5.41) is 8.22. The van der Waals surface area contributed by atoms with E-state index in [2.05, 4.69) is 16.0 Å². The van der Waals surface area contributed by atoms with E-state index in [1.54, 1.807) is 24.3 Å². The predicted octanol–water partition coefficient (Wildman–Crippen LogP) is 4.27. The van der Waals surface area contributed by atoms with Gasteiger partial charge in [0, 0.05) is 17.1 Å². The van der Waals surface area contributed by atoms with Crippen molar-refractivity contribution in [2.75, 3.05) is 22.5 Å². The maximum Gasteiger partial charge on any atom is 0.257 e. The summed E-state index contributed by atoms with van der Waals surface area (Å²) in [5.41, 5.74) is 1.73. The highest BCUT2D eigenvalue weighted by atomic mass is 19.1. The average Bonchev–Trinajstić information content (AvgIpc) is 2.70. The number of carbonyl (C=O) groups excluding carboxylic acids is 2. The molecule has 3 rings (SSSR count). The molecular formula is C21H17F2N3O2. The van der Waals surface area contributed by atoms with E-state index in [0.29, 0.717) is 22.6 Å². The molecule has 0 saturated carbocycles. The van der Waals surface area contributed by atoms with E-state index < -0.39 is 17.5 Å². The van der Waals surface area contributed by atoms with Gasteiger partial charge in [0.05, 0.1) is 12.1 Å². The number of rotatable bonds is 6. The van der Waals surface area contributed by atoms with Crippen molar-refractivity contribution in [3.63, 3.8) is 0 Å². The Labute approximate surface area is 160 Å². The molecule has 3 aromatic rings. The van der Waals surface area contributed by atoms with Crippen LogP contribution in [0, 0.1) is 11.6 Å². The molecule has 0 aliphatic heterocycles. The number of benzene rings is 3. The third-order valence-corrected chi connectivity index (χ3v) is 3.84. The number of anilines is 3. The third kappa shape index (κ3) is 5.14. The van der Waals surface area contributed by atoms with E-state index in [0.717, 1.165) is 0 Å². The van der Waals surface area contributed by atoms with Crippen molar-refractivity contribution in [2.24, 2.45) is 0 Å². The fourth-order valence-corrected chi connectivity index (χ4v) is 2.48. The molecule has 0 fully saturated rings. The van der Waals surface area contributed by atoms with E-state index >= 15 is 0 Å². The van der Waals surface area contributed by atoms with Crippen molar-refractivity contribution in [1.82, 2.24) is 0 Å². The zero-order valence-electron chi connectivity index (χ0n) is 14.7. The summed E-state index contributed by atoms with van der Waals surface area (Å²) in [6.45, 7) is -0.0851. The average molecular weight is 381 g/mol. The van der Waals surface area contributed by atoms with Gasteiger partial charge in [-0.05, 0) is 60.7 Å². The summed E-state index contributed by atoms with van der Waals surface area (Å²) in [5.74, 6) is -1.53. The van der Waals surface area contributed by atoms with Crippen LogP contribution in [0.2, 0.25) is 0 Å². The second kappa shape index (κ2) is 8.77. The Morgan fingerprint density at radius 2 is 1.25 bits per heavy atom. The molecule has 0 heterocycles. The Hall–Kier alpha value is -3.74. The smallest absolute Gasteiger partial charge is 0.257 e. The number of nitrogens with one attached hydrogen (secondary N) is 3. The molecule has 28 heavy (non-hydrogen) atoms. The first-order chi connectivity index (χ1) is 13.5. The summed E-state index contributed by atoms with van der Waals surface area (Å²) >= 11 is 0. The molecule has 0 unspecified atom stereocenters. The van der Waals surface area contributed by atoms with Crippen LogP contribution in [-0.2, 0) is 4.79 Å². The molecule has 0 saturated heterocycles. The van der Waals surface area contributed by atoms with E-state index in [9.17, 15) is 18.4 Å². The first-order valence-corrected chi connectivity index (χ1v) is 8.46. The zero-order chi connectivity index (χ0) is 19.9. The molecule has 3 N–H and O–H groups in total. The van der Waals surface area contributed by atoms with Crippen LogP contribution < -0.4 is 16.0 Å². The van der Waals surface area contributed by atoms with Crippen molar-refractivity contribution < 1.29 is 18.4 Å². The molecule has 0 radical (unpaired) electrons. The molecule has 7 heteroatoms. The molecule has 0 atom stereocenters. The summed E-state index contributed by atoms with van der Waals surface area (Å²) in [4.78, 5) is 24.6. The Bertz CT molecular complexity index is 974. The van der Waals surface area contributed by atoms with E-state index in [-0.39, 0.29) is 12.5 Å². The summed E-state index contributed by atoms with van der Waals surface area (Å²) in [6, 6.07) is 17.5. The number of amides is 2. The summed E-state index contributed by atoms with van der Waals surface area (Å²) < 4.78 is 25.9. The van der Waals surface area contributed by atoms with Gasteiger partial charge in [-0.15, -0.1) is 0 Å². The highest BCUT2D eigenvalue weighted by Gasteiger charge is 2.12. The number of hydrogen-bond acceptors (Lipinski definition) is 3. The Morgan fingerprint density at radius 1 is 0.714 bits per heavy atom. The van der Waals surface area contributed by atoms with Crippen LogP contribution in [-0.4, -0.2) is 18.4 Å². The van der Waals surface area contributed by atoms with Gasteiger partial charge in [0.25, 0.3) is 5.91 Å². The van der Waals surface area contributed by atoms with Crippen LogP contribution in [0.5, 0.6) is 0 Å². The van der Waals surface area contributed by atoms with Crippen LogP contribution in [0.4, 0.5) is 25.8 Å². The minimum absolute atomic E-state index is 0.0851. The van der Waals surface area contributed by atoms with Crippen molar-refractivity contribution in [2.45, 2.75) is 0 Å². The molecule has 2 amide bonds. The molecule has 5 nitrogen and oxygen atoms in total. The fourth-order valence-electron chi connectivity index (χ4n) is 2.48. The second-order valence-corrected chi connectivity index (χ2v) is 5.92. The molecule has 0 aliphatic carbocycles. The number of halogens is 2. The molecule has 3 aromatic carbocycles. The SMILES string of the molecule is O=C(CNc1ccccc1C(=O)Nc1ccc(F)cc1)Nc1ccc(F)cc1. The highest BCUT2D eigenvalue weighted by Crippen LogP contribution is 2.18. The summed E-state index contributed by atoms with van der Waals surface area (Å²) in [6.07, 6.45) is 0. The minimum Gasteiger partial charge on any atom is -0.376 e. The quantitative estimate of drug-likeness (QED) is 0.597. The zero-order valence-corrected chi connectivity index (χ0v) is 14.7. The Kier molecular flexibility index (Phi) is 5.96. The molecule has 0 aliphatic rings. The molecule has 0 aromatic heterocycles. The highest BCUT2D eigenvalue weighted by molar-refractivity contribution is 6.08. The number of carbonyl (C=O) groups is 2. The largest absolute Gasteiger partial charge is 0.376 e. The monoisotopic (exact) mass is 381 g/mol. The minimum atomic E-state index is -0.396. The predicted molar refractivity (Wildman–Crippen MR) is 104 cm³/mol. The second-order valence-electron chi connectivity index (χ2n) is 5.92. The van der Waals surface area contributed by atoms with Gasteiger partial charge in [-0.25, -0.2) is 8.78 Å². The lowest BCUT2D eigenvalue weighted by atomic mass is 10.1. The standard InChI is InChI=1S/C21H17F2N3O2/c22-14-5-9-16(10-6-14)25-20(27)13-24-19-4-2-1-3-18(19)21(28)26-17-11-7-15(23)8-12-17/h1-12,24H,13H2,(H,25,27)(H,26,28). The van der Waals surface area contributed by atoms with Gasteiger partial charge in [0.15, 0.2) is 0 Å². The van der Waals surface area contributed by atoms with Crippen molar-refractivity contribution in [1.29, 1.82) is 0 Å². The van der Waals surface area contributed by atoms with Crippen LogP contribution >= 0.6 is 0 Å². The lowest BCUT2D eigenvalue weighted by Crippen LogP contribution is -2.23. The lowest BCUT2D eigenvalue weighted by molar-refractivity contribution is -0.114. The fraction of sp³-hybridized carbons (Fsp3) is 0.0476. The maximum atomic E-state index is 13.0. The van der Waals surface area contributed by atoms with Gasteiger partial charge in [-0.2, -0.15) is 0 Å². The van der Waals surface area contributed by atoms with E-state index in [1.807, 2.05) is 0 Å². The van der Waals surface area contributed by atoms with Gasteiger partial charge in [-0.1, -0.05) is 12.1 Å². The van der Waals surface area contributed by atoms with Gasteiger partial charge in [0.1, 0.15) is 11.6 Å². The Balaban J connectivity index is 1.63.